The first-order valence-corrected chi connectivity index (χ1v) is 7.56. The zero-order valence-corrected chi connectivity index (χ0v) is 14.3. The molecule has 5 nitrogen and oxygen atoms in total. The molecule has 0 aromatic heterocycles. The van der Waals surface area contributed by atoms with Crippen LogP contribution in [0.25, 0.3) is 0 Å². The minimum atomic E-state index is -0.470. The summed E-state index contributed by atoms with van der Waals surface area (Å²) >= 11 is 3.44. The average molecular weight is 358 g/mol. The molecule has 0 aliphatic carbocycles. The van der Waals surface area contributed by atoms with Crippen LogP contribution in [0.15, 0.2) is 22.7 Å². The van der Waals surface area contributed by atoms with E-state index >= 15 is 0 Å². The number of methoxy groups -OCH3 is 1. The molecule has 0 spiro atoms. The molecule has 1 amide bonds. The Morgan fingerprint density at radius 1 is 1.33 bits per heavy atom. The molecule has 1 aliphatic heterocycles. The second-order valence-corrected chi connectivity index (χ2v) is 6.78. The van der Waals surface area contributed by atoms with Crippen LogP contribution >= 0.6 is 15.9 Å². The highest BCUT2D eigenvalue weighted by atomic mass is 79.9. The summed E-state index contributed by atoms with van der Waals surface area (Å²) in [6.45, 7) is 6.63. The van der Waals surface area contributed by atoms with Crippen LogP contribution in [0.4, 0.5) is 4.79 Å². The Hall–Kier alpha value is -1.43. The largest absolute Gasteiger partial charge is 0.497 e. The Morgan fingerprint density at radius 3 is 2.52 bits per heavy atom. The molecule has 1 aromatic rings. The minimum Gasteiger partial charge on any atom is -0.497 e. The number of amides is 1. The second kappa shape index (κ2) is 6.13. The normalized spacial score (nSPS) is 15.4. The number of halogens is 1. The van der Waals surface area contributed by atoms with Crippen LogP contribution in [0.2, 0.25) is 0 Å². The van der Waals surface area contributed by atoms with E-state index < -0.39 is 5.60 Å². The van der Waals surface area contributed by atoms with Crippen molar-refractivity contribution in [3.8, 4) is 11.5 Å². The van der Waals surface area contributed by atoms with E-state index in [2.05, 4.69) is 15.9 Å². The number of rotatable bonds is 3. The van der Waals surface area contributed by atoms with E-state index in [4.69, 9.17) is 14.2 Å². The first-order valence-electron chi connectivity index (χ1n) is 6.76. The molecule has 0 N–H and O–H groups in total. The number of carbonyl (C=O) groups is 1. The maximum absolute atomic E-state index is 11.8. The Morgan fingerprint density at radius 2 is 2.00 bits per heavy atom. The van der Waals surface area contributed by atoms with E-state index in [1.165, 1.54) is 0 Å². The van der Waals surface area contributed by atoms with Crippen molar-refractivity contribution >= 4 is 22.0 Å². The lowest BCUT2D eigenvalue weighted by Crippen LogP contribution is -2.57. The third-order valence-electron chi connectivity index (χ3n) is 2.93. The fraction of sp³-hybridized carbons (Fsp3) is 0.533. The van der Waals surface area contributed by atoms with Crippen molar-refractivity contribution in [3.05, 3.63) is 22.7 Å². The lowest BCUT2D eigenvalue weighted by molar-refractivity contribution is -0.0223. The fourth-order valence-corrected chi connectivity index (χ4v) is 2.32. The van der Waals surface area contributed by atoms with Gasteiger partial charge in [-0.3, -0.25) is 0 Å². The Balaban J connectivity index is 1.84. The first kappa shape index (κ1) is 15.9. The Bertz CT molecular complexity index is 521. The van der Waals surface area contributed by atoms with Gasteiger partial charge in [0.25, 0.3) is 0 Å². The molecule has 116 valence electrons. The van der Waals surface area contributed by atoms with E-state index in [0.29, 0.717) is 13.1 Å². The number of carbonyl (C=O) groups excluding carboxylic acids is 1. The maximum Gasteiger partial charge on any atom is 0.410 e. The van der Waals surface area contributed by atoms with Crippen LogP contribution in [-0.2, 0) is 4.74 Å². The van der Waals surface area contributed by atoms with Crippen molar-refractivity contribution in [2.45, 2.75) is 32.5 Å². The average Bonchev–Trinajstić information content (AvgIpc) is 2.32. The van der Waals surface area contributed by atoms with Gasteiger partial charge in [0.15, 0.2) is 0 Å². The van der Waals surface area contributed by atoms with E-state index in [0.717, 1.165) is 16.0 Å². The van der Waals surface area contributed by atoms with Crippen LogP contribution in [-0.4, -0.2) is 42.9 Å². The number of hydrogen-bond acceptors (Lipinski definition) is 4. The molecule has 1 saturated heterocycles. The molecule has 2 rings (SSSR count). The van der Waals surface area contributed by atoms with Crippen molar-refractivity contribution in [3.63, 3.8) is 0 Å². The molecule has 1 fully saturated rings. The summed E-state index contributed by atoms with van der Waals surface area (Å²) in [5.74, 6) is 1.50. The van der Waals surface area contributed by atoms with Crippen LogP contribution in [0.1, 0.15) is 20.8 Å². The molecule has 0 unspecified atom stereocenters. The van der Waals surface area contributed by atoms with E-state index in [-0.39, 0.29) is 12.2 Å². The van der Waals surface area contributed by atoms with E-state index in [9.17, 15) is 4.79 Å². The molecule has 0 bridgehead atoms. The standard InChI is InChI=1S/C15H20BrNO4/c1-15(2,3)21-14(18)17-8-11(9-17)20-13-6-5-10(19-4)7-12(13)16/h5-7,11H,8-9H2,1-4H3. The number of hydrogen-bond donors (Lipinski definition) is 0. The summed E-state index contributed by atoms with van der Waals surface area (Å²) in [5, 5.41) is 0. The van der Waals surface area contributed by atoms with Gasteiger partial charge in [-0.2, -0.15) is 0 Å². The third-order valence-corrected chi connectivity index (χ3v) is 3.55. The smallest absolute Gasteiger partial charge is 0.410 e. The minimum absolute atomic E-state index is 0.0118. The van der Waals surface area contributed by atoms with Crippen molar-refractivity contribution in [2.75, 3.05) is 20.2 Å². The Labute approximate surface area is 133 Å². The summed E-state index contributed by atoms with van der Waals surface area (Å²) in [6, 6.07) is 5.53. The third kappa shape index (κ3) is 4.27. The van der Waals surface area contributed by atoms with Gasteiger partial charge in [-0.1, -0.05) is 0 Å². The van der Waals surface area contributed by atoms with Crippen LogP contribution in [0.5, 0.6) is 11.5 Å². The number of benzene rings is 1. The van der Waals surface area contributed by atoms with Gasteiger partial charge in [0.05, 0.1) is 24.7 Å². The molecule has 0 saturated carbocycles. The highest BCUT2D eigenvalue weighted by Gasteiger charge is 2.35. The molecule has 1 aliphatic rings. The van der Waals surface area contributed by atoms with Gasteiger partial charge in [-0.25, -0.2) is 4.79 Å². The molecule has 0 atom stereocenters. The molecular weight excluding hydrogens is 338 g/mol. The molecule has 1 heterocycles. The lowest BCUT2D eigenvalue weighted by Gasteiger charge is -2.39. The van der Waals surface area contributed by atoms with Crippen molar-refractivity contribution < 1.29 is 19.0 Å². The predicted octanol–water partition coefficient (Wildman–Crippen LogP) is 3.46. The molecular formula is C15H20BrNO4. The van der Waals surface area contributed by atoms with Gasteiger partial charge >= 0.3 is 6.09 Å². The van der Waals surface area contributed by atoms with Crippen LogP contribution < -0.4 is 9.47 Å². The zero-order chi connectivity index (χ0) is 15.6. The summed E-state index contributed by atoms with van der Waals surface area (Å²) in [7, 11) is 1.62. The SMILES string of the molecule is COc1ccc(OC2CN(C(=O)OC(C)(C)C)C2)c(Br)c1. The Kier molecular flexibility index (Phi) is 4.66. The molecule has 1 aromatic carbocycles. The van der Waals surface area contributed by atoms with Crippen molar-refractivity contribution in [2.24, 2.45) is 0 Å². The quantitative estimate of drug-likeness (QED) is 0.830. The zero-order valence-electron chi connectivity index (χ0n) is 12.7. The number of ether oxygens (including phenoxy) is 3. The topological polar surface area (TPSA) is 48.0 Å². The van der Waals surface area contributed by atoms with E-state index in [1.807, 2.05) is 39.0 Å². The summed E-state index contributed by atoms with van der Waals surface area (Å²) in [4.78, 5) is 13.4. The van der Waals surface area contributed by atoms with Gasteiger partial charge in [-0.05, 0) is 54.9 Å². The highest BCUT2D eigenvalue weighted by molar-refractivity contribution is 9.10. The molecule has 21 heavy (non-hydrogen) atoms. The van der Waals surface area contributed by atoms with Gasteiger partial charge in [0.2, 0.25) is 0 Å². The summed E-state index contributed by atoms with van der Waals surface area (Å²) < 4.78 is 17.1. The summed E-state index contributed by atoms with van der Waals surface area (Å²) in [6.07, 6.45) is -0.307. The van der Waals surface area contributed by atoms with Gasteiger partial charge < -0.3 is 19.1 Å². The van der Waals surface area contributed by atoms with Gasteiger partial charge in [0, 0.05) is 0 Å². The molecule has 0 radical (unpaired) electrons. The van der Waals surface area contributed by atoms with Gasteiger partial charge in [-0.15, -0.1) is 0 Å². The second-order valence-electron chi connectivity index (χ2n) is 5.92. The lowest BCUT2D eigenvalue weighted by atomic mass is 10.1. The monoisotopic (exact) mass is 357 g/mol. The van der Waals surface area contributed by atoms with Crippen LogP contribution in [0.3, 0.4) is 0 Å². The first-order chi connectivity index (χ1) is 9.78. The van der Waals surface area contributed by atoms with E-state index in [1.54, 1.807) is 12.0 Å². The maximum atomic E-state index is 11.8. The summed E-state index contributed by atoms with van der Waals surface area (Å²) in [5.41, 5.74) is -0.470. The highest BCUT2D eigenvalue weighted by Crippen LogP contribution is 2.31. The van der Waals surface area contributed by atoms with Gasteiger partial charge in [0.1, 0.15) is 23.2 Å². The van der Waals surface area contributed by atoms with Crippen molar-refractivity contribution in [1.29, 1.82) is 0 Å². The van der Waals surface area contributed by atoms with Crippen molar-refractivity contribution in [1.82, 2.24) is 4.90 Å². The predicted molar refractivity (Wildman–Crippen MR) is 82.9 cm³/mol. The number of likely N-dealkylation sites (tertiary alicyclic amines) is 1. The van der Waals surface area contributed by atoms with Crippen LogP contribution in [0, 0.1) is 0 Å². The number of nitrogens with zero attached hydrogens (tertiary/aromatic N) is 1. The fourth-order valence-electron chi connectivity index (χ4n) is 1.87. The molecule has 6 heteroatoms.